The summed E-state index contributed by atoms with van der Waals surface area (Å²) >= 11 is 0. The summed E-state index contributed by atoms with van der Waals surface area (Å²) in [5.74, 6) is -1.06. The Morgan fingerprint density at radius 1 is 1.22 bits per heavy atom. The van der Waals surface area contributed by atoms with Crippen LogP contribution in [0, 0.1) is 6.92 Å². The van der Waals surface area contributed by atoms with Gasteiger partial charge < -0.3 is 5.11 Å². The third-order valence-electron chi connectivity index (χ3n) is 2.62. The van der Waals surface area contributed by atoms with Gasteiger partial charge in [-0.15, -0.1) is 5.10 Å². The normalized spacial score (nSPS) is 10.9. The average molecular weight is 245 g/mol. The summed E-state index contributed by atoms with van der Waals surface area (Å²) < 4.78 is 0. The highest BCUT2D eigenvalue weighted by Crippen LogP contribution is 2.21. The Bertz CT molecular complexity index is 570. The molecule has 0 spiro atoms. The molecule has 0 bridgehead atoms. The molecule has 2 rings (SSSR count). The molecule has 0 aliphatic carbocycles. The van der Waals surface area contributed by atoms with Crippen LogP contribution in [0.2, 0.25) is 0 Å². The van der Waals surface area contributed by atoms with E-state index in [0.717, 1.165) is 11.1 Å². The summed E-state index contributed by atoms with van der Waals surface area (Å²) in [6, 6.07) is 7.60. The standard InChI is InChI=1S/C13H15N3O2/c1-8(2)16-14-11(12(15-16)13(17)18)10-6-4-9(3)5-7-10/h4-8H,1-3H3,(H,17,18). The van der Waals surface area contributed by atoms with E-state index in [1.807, 2.05) is 45.0 Å². The topological polar surface area (TPSA) is 68.0 Å². The van der Waals surface area contributed by atoms with E-state index in [0.29, 0.717) is 5.69 Å². The molecule has 1 aromatic heterocycles. The van der Waals surface area contributed by atoms with Crippen molar-refractivity contribution in [3.63, 3.8) is 0 Å². The molecule has 0 aliphatic rings. The van der Waals surface area contributed by atoms with Crippen molar-refractivity contribution in [1.82, 2.24) is 15.0 Å². The number of carboxylic acids is 1. The van der Waals surface area contributed by atoms with Crippen LogP contribution in [0.15, 0.2) is 24.3 Å². The fourth-order valence-corrected chi connectivity index (χ4v) is 1.60. The van der Waals surface area contributed by atoms with Crippen LogP contribution >= 0.6 is 0 Å². The second-order valence-electron chi connectivity index (χ2n) is 4.48. The minimum atomic E-state index is -1.06. The van der Waals surface area contributed by atoms with Gasteiger partial charge in [0.2, 0.25) is 0 Å². The molecule has 1 heterocycles. The van der Waals surface area contributed by atoms with Gasteiger partial charge in [0.25, 0.3) is 0 Å². The van der Waals surface area contributed by atoms with Gasteiger partial charge in [-0.25, -0.2) is 4.79 Å². The Morgan fingerprint density at radius 3 is 2.33 bits per heavy atom. The van der Waals surface area contributed by atoms with Crippen LogP contribution in [0.5, 0.6) is 0 Å². The molecular formula is C13H15N3O2. The van der Waals surface area contributed by atoms with Crippen LogP contribution in [-0.2, 0) is 0 Å². The molecule has 0 amide bonds. The molecule has 1 N–H and O–H groups in total. The molecule has 0 saturated carbocycles. The molecule has 94 valence electrons. The molecule has 0 saturated heterocycles. The Morgan fingerprint density at radius 2 is 1.83 bits per heavy atom. The Labute approximate surface area is 105 Å². The highest BCUT2D eigenvalue weighted by molar-refractivity contribution is 5.92. The van der Waals surface area contributed by atoms with Gasteiger partial charge in [-0.1, -0.05) is 29.8 Å². The van der Waals surface area contributed by atoms with Crippen molar-refractivity contribution in [2.45, 2.75) is 26.8 Å². The molecule has 5 nitrogen and oxygen atoms in total. The van der Waals surface area contributed by atoms with Gasteiger partial charge in [-0.05, 0) is 20.8 Å². The lowest BCUT2D eigenvalue weighted by Gasteiger charge is -2.01. The van der Waals surface area contributed by atoms with Crippen molar-refractivity contribution < 1.29 is 9.90 Å². The number of benzene rings is 1. The zero-order valence-electron chi connectivity index (χ0n) is 10.6. The molecule has 0 aliphatic heterocycles. The summed E-state index contributed by atoms with van der Waals surface area (Å²) in [4.78, 5) is 12.6. The van der Waals surface area contributed by atoms with Crippen LogP contribution in [-0.4, -0.2) is 26.1 Å². The monoisotopic (exact) mass is 245 g/mol. The first-order chi connectivity index (χ1) is 8.49. The quantitative estimate of drug-likeness (QED) is 0.902. The Hall–Kier alpha value is -2.17. The van der Waals surface area contributed by atoms with E-state index in [1.54, 1.807) is 0 Å². The maximum Gasteiger partial charge on any atom is 0.358 e. The number of aromatic nitrogens is 3. The third-order valence-corrected chi connectivity index (χ3v) is 2.62. The summed E-state index contributed by atoms with van der Waals surface area (Å²) in [7, 11) is 0. The first-order valence-electron chi connectivity index (χ1n) is 5.76. The molecule has 0 unspecified atom stereocenters. The summed E-state index contributed by atoms with van der Waals surface area (Å²) in [6.45, 7) is 5.79. The van der Waals surface area contributed by atoms with E-state index >= 15 is 0 Å². The van der Waals surface area contributed by atoms with Gasteiger partial charge >= 0.3 is 5.97 Å². The van der Waals surface area contributed by atoms with Gasteiger partial charge in [-0.3, -0.25) is 0 Å². The molecule has 0 fully saturated rings. The van der Waals surface area contributed by atoms with Crippen molar-refractivity contribution in [2.24, 2.45) is 0 Å². The summed E-state index contributed by atoms with van der Waals surface area (Å²) in [5, 5.41) is 17.4. The van der Waals surface area contributed by atoms with Crippen molar-refractivity contribution in [1.29, 1.82) is 0 Å². The highest BCUT2D eigenvalue weighted by Gasteiger charge is 2.19. The highest BCUT2D eigenvalue weighted by atomic mass is 16.4. The molecule has 18 heavy (non-hydrogen) atoms. The van der Waals surface area contributed by atoms with Crippen LogP contribution in [0.25, 0.3) is 11.3 Å². The van der Waals surface area contributed by atoms with E-state index in [4.69, 9.17) is 5.11 Å². The van der Waals surface area contributed by atoms with E-state index in [1.165, 1.54) is 4.80 Å². The summed E-state index contributed by atoms with van der Waals surface area (Å²) in [6.07, 6.45) is 0. The summed E-state index contributed by atoms with van der Waals surface area (Å²) in [5.41, 5.74) is 2.29. The van der Waals surface area contributed by atoms with E-state index < -0.39 is 5.97 Å². The van der Waals surface area contributed by atoms with Gasteiger partial charge in [0.05, 0.1) is 6.04 Å². The number of nitrogens with zero attached hydrogens (tertiary/aromatic N) is 3. The lowest BCUT2D eigenvalue weighted by atomic mass is 10.1. The third kappa shape index (κ3) is 2.25. The fraction of sp³-hybridized carbons (Fsp3) is 0.308. The maximum absolute atomic E-state index is 11.2. The molecule has 2 aromatic rings. The maximum atomic E-state index is 11.2. The number of hydrogen-bond acceptors (Lipinski definition) is 3. The predicted molar refractivity (Wildman–Crippen MR) is 67.5 cm³/mol. The van der Waals surface area contributed by atoms with E-state index in [-0.39, 0.29) is 11.7 Å². The number of carboxylic acid groups (broad SMARTS) is 1. The van der Waals surface area contributed by atoms with Crippen molar-refractivity contribution >= 4 is 5.97 Å². The van der Waals surface area contributed by atoms with Crippen molar-refractivity contribution in [3.05, 3.63) is 35.5 Å². The second kappa shape index (κ2) is 4.60. The van der Waals surface area contributed by atoms with E-state index in [2.05, 4.69) is 10.2 Å². The number of aryl methyl sites for hydroxylation is 1. The predicted octanol–water partition coefficient (Wildman–Crippen LogP) is 2.53. The van der Waals surface area contributed by atoms with Gasteiger partial charge in [-0.2, -0.15) is 9.90 Å². The first kappa shape index (κ1) is 12.3. The lowest BCUT2D eigenvalue weighted by molar-refractivity contribution is 0.0690. The molecule has 0 radical (unpaired) electrons. The lowest BCUT2D eigenvalue weighted by Crippen LogP contribution is -2.06. The van der Waals surface area contributed by atoms with Gasteiger partial charge in [0.1, 0.15) is 5.69 Å². The van der Waals surface area contributed by atoms with Gasteiger partial charge in [0, 0.05) is 5.56 Å². The second-order valence-corrected chi connectivity index (χ2v) is 4.48. The van der Waals surface area contributed by atoms with Crippen LogP contribution in [0.3, 0.4) is 0 Å². The smallest absolute Gasteiger partial charge is 0.358 e. The average Bonchev–Trinajstić information content (AvgIpc) is 2.75. The minimum absolute atomic E-state index is 0.00690. The zero-order valence-corrected chi connectivity index (χ0v) is 10.6. The van der Waals surface area contributed by atoms with Crippen molar-refractivity contribution in [3.8, 4) is 11.3 Å². The van der Waals surface area contributed by atoms with E-state index in [9.17, 15) is 4.79 Å². The molecule has 5 heteroatoms. The Kier molecular flexibility index (Phi) is 3.14. The van der Waals surface area contributed by atoms with Crippen molar-refractivity contribution in [2.75, 3.05) is 0 Å². The zero-order chi connectivity index (χ0) is 13.3. The fourth-order valence-electron chi connectivity index (χ4n) is 1.60. The Balaban J connectivity index is 2.55. The largest absolute Gasteiger partial charge is 0.476 e. The number of hydrogen-bond donors (Lipinski definition) is 1. The molecular weight excluding hydrogens is 230 g/mol. The van der Waals surface area contributed by atoms with Crippen LogP contribution in [0.1, 0.15) is 35.9 Å². The first-order valence-corrected chi connectivity index (χ1v) is 5.76. The molecule has 0 atom stereocenters. The minimum Gasteiger partial charge on any atom is -0.476 e. The number of aromatic carboxylic acids is 1. The SMILES string of the molecule is Cc1ccc(-c2nn(C(C)C)nc2C(=O)O)cc1. The molecule has 1 aromatic carbocycles. The number of rotatable bonds is 3. The van der Waals surface area contributed by atoms with Gasteiger partial charge in [0.15, 0.2) is 5.69 Å². The van der Waals surface area contributed by atoms with Crippen LogP contribution in [0.4, 0.5) is 0 Å². The van der Waals surface area contributed by atoms with Crippen LogP contribution < -0.4 is 0 Å². The number of carbonyl (C=O) groups is 1.